The van der Waals surface area contributed by atoms with E-state index in [2.05, 4.69) is 0 Å². The molecule has 1 heterocycles. The number of hydrogen-bond donors (Lipinski definition) is 5. The first-order valence-electron chi connectivity index (χ1n) is 4.54. The average Bonchev–Trinajstić information content (AvgIpc) is 2.17. The van der Waals surface area contributed by atoms with E-state index in [0.29, 0.717) is 0 Å². The Balaban J connectivity index is 2.80. The van der Waals surface area contributed by atoms with Crippen molar-refractivity contribution in [3.05, 3.63) is 0 Å². The monoisotopic (exact) mass is 257 g/mol. The molecule has 16 heavy (non-hydrogen) atoms. The molecule has 0 radical (unpaired) electrons. The summed E-state index contributed by atoms with van der Waals surface area (Å²) in [6.45, 7) is -0.596. The summed E-state index contributed by atoms with van der Waals surface area (Å²) >= 11 is 0. The van der Waals surface area contributed by atoms with Crippen LogP contribution in [0.1, 0.15) is 0 Å². The van der Waals surface area contributed by atoms with Crippen molar-refractivity contribution in [3.8, 4) is 0 Å². The van der Waals surface area contributed by atoms with E-state index in [0.717, 1.165) is 6.26 Å². The molecule has 0 spiro atoms. The zero-order valence-corrected chi connectivity index (χ0v) is 9.33. The molecule has 1 aliphatic rings. The molecule has 5 N–H and O–H groups in total. The summed E-state index contributed by atoms with van der Waals surface area (Å²) < 4.78 is 28.5. The molecule has 1 aliphatic heterocycles. The van der Waals surface area contributed by atoms with Gasteiger partial charge in [-0.05, 0) is 0 Å². The molecule has 1 unspecified atom stereocenters. The molecule has 0 saturated carbocycles. The van der Waals surface area contributed by atoms with E-state index in [1.807, 2.05) is 4.72 Å². The minimum absolute atomic E-state index is 0.596. The zero-order valence-electron chi connectivity index (χ0n) is 8.52. The van der Waals surface area contributed by atoms with Gasteiger partial charge in [0, 0.05) is 0 Å². The van der Waals surface area contributed by atoms with Crippen LogP contribution in [0.25, 0.3) is 0 Å². The van der Waals surface area contributed by atoms with Crippen molar-refractivity contribution < 1.29 is 33.6 Å². The van der Waals surface area contributed by atoms with E-state index in [-0.39, 0.29) is 0 Å². The molecule has 0 amide bonds. The Morgan fingerprint density at radius 2 is 1.81 bits per heavy atom. The number of ether oxygens (including phenoxy) is 1. The normalized spacial score (nSPS) is 40.9. The van der Waals surface area contributed by atoms with Crippen molar-refractivity contribution in [1.82, 2.24) is 4.72 Å². The van der Waals surface area contributed by atoms with Gasteiger partial charge in [-0.25, -0.2) is 13.1 Å². The Kier molecular flexibility index (Phi) is 4.23. The Hall–Kier alpha value is -0.290. The van der Waals surface area contributed by atoms with Gasteiger partial charge >= 0.3 is 0 Å². The highest BCUT2D eigenvalue weighted by Crippen LogP contribution is 2.19. The summed E-state index contributed by atoms with van der Waals surface area (Å²) in [4.78, 5) is 0. The molecule has 0 aromatic carbocycles. The summed E-state index contributed by atoms with van der Waals surface area (Å²) in [6, 6.07) is -1.37. The van der Waals surface area contributed by atoms with Gasteiger partial charge in [0.05, 0.1) is 12.9 Å². The standard InChI is InChI=1S/C7H15NO7S/c1-16(13,14)8-4-6(11)5(10)3(2-9)15-7(4)12/h3-12H,2H2,1H3/t3-,4+,5-,6-,7?/m1/s1. The zero-order chi connectivity index (χ0) is 12.5. The van der Waals surface area contributed by atoms with Gasteiger partial charge in [-0.2, -0.15) is 0 Å². The van der Waals surface area contributed by atoms with Gasteiger partial charge in [0.15, 0.2) is 6.29 Å². The van der Waals surface area contributed by atoms with Gasteiger partial charge in [0.2, 0.25) is 10.0 Å². The lowest BCUT2D eigenvalue weighted by Crippen LogP contribution is -2.63. The topological polar surface area (TPSA) is 136 Å². The largest absolute Gasteiger partial charge is 0.394 e. The van der Waals surface area contributed by atoms with E-state index in [9.17, 15) is 23.7 Å². The van der Waals surface area contributed by atoms with Gasteiger partial charge < -0.3 is 25.2 Å². The van der Waals surface area contributed by atoms with E-state index in [4.69, 9.17) is 9.84 Å². The van der Waals surface area contributed by atoms with Gasteiger partial charge in [0.1, 0.15) is 24.4 Å². The van der Waals surface area contributed by atoms with Gasteiger partial charge in [-0.1, -0.05) is 0 Å². The molecular formula is C7H15NO7S. The summed E-state index contributed by atoms with van der Waals surface area (Å²) in [6.07, 6.45) is -4.98. The van der Waals surface area contributed by atoms with E-state index in [1.54, 1.807) is 0 Å². The van der Waals surface area contributed by atoms with Crippen molar-refractivity contribution in [2.75, 3.05) is 12.9 Å². The van der Waals surface area contributed by atoms with Crippen molar-refractivity contribution in [2.45, 2.75) is 30.6 Å². The first-order valence-corrected chi connectivity index (χ1v) is 6.43. The summed E-state index contributed by atoms with van der Waals surface area (Å²) in [5, 5.41) is 37.1. The minimum atomic E-state index is -3.66. The van der Waals surface area contributed by atoms with Crippen molar-refractivity contribution in [2.24, 2.45) is 0 Å². The Labute approximate surface area is 92.5 Å². The quantitative estimate of drug-likeness (QED) is 0.351. The molecule has 0 aromatic heterocycles. The molecule has 1 fully saturated rings. The predicted molar refractivity (Wildman–Crippen MR) is 51.7 cm³/mol. The van der Waals surface area contributed by atoms with Gasteiger partial charge in [0.25, 0.3) is 0 Å². The second-order valence-corrected chi connectivity index (χ2v) is 5.42. The lowest BCUT2D eigenvalue weighted by atomic mass is 9.98. The van der Waals surface area contributed by atoms with Crippen LogP contribution in [0, 0.1) is 0 Å². The molecule has 5 atom stereocenters. The second-order valence-electron chi connectivity index (χ2n) is 3.64. The van der Waals surface area contributed by atoms with Crippen LogP contribution in [0.2, 0.25) is 0 Å². The molecule has 1 rings (SSSR count). The first kappa shape index (κ1) is 13.8. The maximum atomic E-state index is 10.9. The fourth-order valence-electron chi connectivity index (χ4n) is 1.47. The van der Waals surface area contributed by atoms with Crippen LogP contribution in [0.5, 0.6) is 0 Å². The fourth-order valence-corrected chi connectivity index (χ4v) is 2.22. The number of aliphatic hydroxyl groups excluding tert-OH is 4. The van der Waals surface area contributed by atoms with Crippen LogP contribution in [0.15, 0.2) is 0 Å². The number of nitrogens with one attached hydrogen (secondary N) is 1. The fraction of sp³-hybridized carbons (Fsp3) is 1.00. The van der Waals surface area contributed by atoms with E-state index < -0.39 is 47.3 Å². The average molecular weight is 257 g/mol. The molecule has 0 bridgehead atoms. The minimum Gasteiger partial charge on any atom is -0.394 e. The van der Waals surface area contributed by atoms with Crippen LogP contribution in [-0.4, -0.2) is 72.4 Å². The van der Waals surface area contributed by atoms with Crippen molar-refractivity contribution in [1.29, 1.82) is 0 Å². The highest BCUT2D eigenvalue weighted by molar-refractivity contribution is 7.88. The SMILES string of the molecule is CS(=O)(=O)N[C@@H]1C(O)O[C@H](CO)[C@@H](O)[C@@H]1O. The lowest BCUT2D eigenvalue weighted by molar-refractivity contribution is -0.251. The molecule has 96 valence electrons. The first-order chi connectivity index (χ1) is 7.26. The van der Waals surface area contributed by atoms with Gasteiger partial charge in [-0.15, -0.1) is 0 Å². The lowest BCUT2D eigenvalue weighted by Gasteiger charge is -2.39. The molecule has 1 saturated heterocycles. The summed E-state index contributed by atoms with van der Waals surface area (Å²) in [7, 11) is -3.66. The third kappa shape index (κ3) is 3.10. The molecular weight excluding hydrogens is 242 g/mol. The highest BCUT2D eigenvalue weighted by Gasteiger charge is 2.44. The number of hydrogen-bond acceptors (Lipinski definition) is 7. The number of rotatable bonds is 3. The van der Waals surface area contributed by atoms with Crippen LogP contribution in [0.4, 0.5) is 0 Å². The molecule has 8 nitrogen and oxygen atoms in total. The molecule has 9 heteroatoms. The Bertz CT molecular complexity index is 332. The van der Waals surface area contributed by atoms with E-state index >= 15 is 0 Å². The Morgan fingerprint density at radius 3 is 2.25 bits per heavy atom. The van der Waals surface area contributed by atoms with Crippen LogP contribution in [0.3, 0.4) is 0 Å². The van der Waals surface area contributed by atoms with Crippen molar-refractivity contribution >= 4 is 10.0 Å². The third-order valence-corrected chi connectivity index (χ3v) is 2.95. The van der Waals surface area contributed by atoms with Crippen LogP contribution < -0.4 is 4.72 Å². The third-order valence-electron chi connectivity index (χ3n) is 2.25. The molecule has 0 aliphatic carbocycles. The van der Waals surface area contributed by atoms with Crippen LogP contribution >= 0.6 is 0 Å². The van der Waals surface area contributed by atoms with Gasteiger partial charge in [-0.3, -0.25) is 0 Å². The number of sulfonamides is 1. The van der Waals surface area contributed by atoms with E-state index in [1.165, 1.54) is 0 Å². The number of aliphatic hydroxyl groups is 4. The maximum absolute atomic E-state index is 10.9. The smallest absolute Gasteiger partial charge is 0.209 e. The second kappa shape index (κ2) is 4.92. The highest BCUT2D eigenvalue weighted by atomic mass is 32.2. The summed E-state index contributed by atoms with van der Waals surface area (Å²) in [5.74, 6) is 0. The maximum Gasteiger partial charge on any atom is 0.209 e. The summed E-state index contributed by atoms with van der Waals surface area (Å²) in [5.41, 5.74) is 0. The Morgan fingerprint density at radius 1 is 1.25 bits per heavy atom. The van der Waals surface area contributed by atoms with Crippen LogP contribution in [-0.2, 0) is 14.8 Å². The predicted octanol–water partition coefficient (Wildman–Crippen LogP) is -3.66. The van der Waals surface area contributed by atoms with Crippen molar-refractivity contribution in [3.63, 3.8) is 0 Å². The molecule has 0 aromatic rings.